The second-order valence-electron chi connectivity index (χ2n) is 6.96. The van der Waals surface area contributed by atoms with Crippen LogP contribution < -0.4 is 19.8 Å². The van der Waals surface area contributed by atoms with E-state index in [-0.39, 0.29) is 22.7 Å². The molecule has 1 fully saturated rings. The smallest absolute Gasteiger partial charge is 0.270 e. The number of benzene rings is 2. The Morgan fingerprint density at radius 1 is 1.15 bits per heavy atom. The molecule has 3 rings (SSSR count). The molecule has 2 aromatic carbocycles. The van der Waals surface area contributed by atoms with E-state index >= 15 is 0 Å². The van der Waals surface area contributed by atoms with Gasteiger partial charge in [0.1, 0.15) is 17.5 Å². The van der Waals surface area contributed by atoms with Gasteiger partial charge < -0.3 is 9.47 Å². The van der Waals surface area contributed by atoms with Gasteiger partial charge >= 0.3 is 0 Å². The number of rotatable bonds is 6. The Kier molecular flexibility index (Phi) is 6.56. The predicted octanol–water partition coefficient (Wildman–Crippen LogP) is 1.44. The number of nitrogens with zero attached hydrogens (tertiary/aromatic N) is 3. The molecule has 0 aromatic heterocycles. The number of methoxy groups -OCH3 is 2. The predicted molar refractivity (Wildman–Crippen MR) is 114 cm³/mol. The van der Waals surface area contributed by atoms with Crippen molar-refractivity contribution in [3.63, 3.8) is 0 Å². The molecule has 0 bridgehead atoms. The third-order valence-corrected chi connectivity index (χ3v) is 4.94. The Morgan fingerprint density at radius 3 is 2.48 bits per heavy atom. The molecule has 1 N–H and O–H groups in total. The second kappa shape index (κ2) is 9.34. The first kappa shape index (κ1) is 23.2. The third-order valence-electron chi connectivity index (χ3n) is 4.94. The number of amides is 4. The van der Waals surface area contributed by atoms with Crippen molar-refractivity contribution in [3.05, 3.63) is 58.1 Å². The first-order chi connectivity index (χ1) is 15.7. The molecule has 12 nitrogen and oxygen atoms in total. The number of nitrogens with one attached hydrogen (secondary N) is 1. The molecule has 0 radical (unpaired) electrons. The summed E-state index contributed by atoms with van der Waals surface area (Å²) in [5.74, 6) is -2.34. The summed E-state index contributed by atoms with van der Waals surface area (Å²) >= 11 is 0. The molecule has 33 heavy (non-hydrogen) atoms. The molecule has 12 heteroatoms. The van der Waals surface area contributed by atoms with Crippen molar-refractivity contribution in [3.8, 4) is 11.5 Å². The van der Waals surface area contributed by atoms with Crippen LogP contribution in [0.1, 0.15) is 23.7 Å². The summed E-state index contributed by atoms with van der Waals surface area (Å²) in [5, 5.41) is 11.7. The van der Waals surface area contributed by atoms with E-state index in [1.165, 1.54) is 44.6 Å². The number of imide groups is 1. The van der Waals surface area contributed by atoms with Crippen molar-refractivity contribution in [1.29, 1.82) is 0 Å². The number of anilines is 1. The molecule has 4 amide bonds. The largest absolute Gasteiger partial charge is 0.497 e. The molecular weight excluding hydrogens is 436 g/mol. The number of carbonyl (C=O) groups is 4. The summed E-state index contributed by atoms with van der Waals surface area (Å²) in [7, 11) is 2.79. The van der Waals surface area contributed by atoms with Gasteiger partial charge in [-0.25, -0.2) is 9.91 Å². The van der Waals surface area contributed by atoms with Crippen LogP contribution in [0.5, 0.6) is 11.5 Å². The lowest BCUT2D eigenvalue weighted by molar-refractivity contribution is -0.384. The minimum absolute atomic E-state index is 0.0986. The second-order valence-corrected chi connectivity index (χ2v) is 6.96. The summed E-state index contributed by atoms with van der Waals surface area (Å²) < 4.78 is 10.4. The molecule has 1 unspecified atom stereocenters. The fraction of sp³-hybridized carbons (Fsp3) is 0.238. The van der Waals surface area contributed by atoms with Crippen LogP contribution >= 0.6 is 0 Å². The van der Waals surface area contributed by atoms with Crippen molar-refractivity contribution in [2.45, 2.75) is 19.4 Å². The highest BCUT2D eigenvalue weighted by Crippen LogP contribution is 2.36. The van der Waals surface area contributed by atoms with E-state index in [1.807, 2.05) is 0 Å². The lowest BCUT2D eigenvalue weighted by atomic mass is 10.2. The SMILES string of the molecule is COc1ccc(OC)c(N2C(=O)CC(N(NC(=O)c3cccc([N+](=O)[O-])c3)C(C)=O)C2=O)c1. The molecule has 1 aliphatic heterocycles. The molecule has 1 heterocycles. The van der Waals surface area contributed by atoms with Gasteiger partial charge in [-0.1, -0.05) is 6.07 Å². The van der Waals surface area contributed by atoms with Gasteiger partial charge in [0.25, 0.3) is 17.5 Å². The zero-order chi connectivity index (χ0) is 24.3. The van der Waals surface area contributed by atoms with Crippen LogP contribution in [-0.2, 0) is 14.4 Å². The Hall–Kier alpha value is -4.48. The number of carbonyl (C=O) groups excluding carboxylic acids is 4. The van der Waals surface area contributed by atoms with Gasteiger partial charge in [-0.15, -0.1) is 0 Å². The molecule has 0 aliphatic carbocycles. The summed E-state index contributed by atoms with van der Waals surface area (Å²) in [6, 6.07) is 8.09. The van der Waals surface area contributed by atoms with Crippen molar-refractivity contribution in [1.82, 2.24) is 10.4 Å². The normalized spacial score (nSPS) is 15.2. The minimum atomic E-state index is -1.33. The van der Waals surface area contributed by atoms with Crippen LogP contribution in [0.15, 0.2) is 42.5 Å². The van der Waals surface area contributed by atoms with Crippen LogP contribution in [0.3, 0.4) is 0 Å². The van der Waals surface area contributed by atoms with Crippen molar-refractivity contribution >= 4 is 35.0 Å². The van der Waals surface area contributed by atoms with Crippen molar-refractivity contribution < 1.29 is 33.6 Å². The average molecular weight is 456 g/mol. The Morgan fingerprint density at radius 2 is 1.88 bits per heavy atom. The van der Waals surface area contributed by atoms with Gasteiger partial charge in [0.15, 0.2) is 0 Å². The fourth-order valence-corrected chi connectivity index (χ4v) is 3.35. The van der Waals surface area contributed by atoms with E-state index in [1.54, 1.807) is 6.07 Å². The number of hydrogen-bond donors (Lipinski definition) is 1. The summed E-state index contributed by atoms with van der Waals surface area (Å²) in [6.45, 7) is 1.11. The van der Waals surface area contributed by atoms with E-state index in [9.17, 15) is 29.3 Å². The Bertz CT molecular complexity index is 1150. The highest BCUT2D eigenvalue weighted by atomic mass is 16.6. The Labute approximate surface area is 187 Å². The maximum atomic E-state index is 13.2. The lowest BCUT2D eigenvalue weighted by Crippen LogP contribution is -2.54. The number of nitro groups is 1. The van der Waals surface area contributed by atoms with Crippen LogP contribution in [0.2, 0.25) is 0 Å². The summed E-state index contributed by atoms with van der Waals surface area (Å²) in [6.07, 6.45) is -0.395. The van der Waals surface area contributed by atoms with Gasteiger partial charge in [-0.3, -0.25) is 34.7 Å². The van der Waals surface area contributed by atoms with Crippen LogP contribution in [0.25, 0.3) is 0 Å². The lowest BCUT2D eigenvalue weighted by Gasteiger charge is -2.27. The third kappa shape index (κ3) is 4.59. The van der Waals surface area contributed by atoms with Gasteiger partial charge in [0, 0.05) is 30.7 Å². The number of non-ortho nitro benzene ring substituents is 1. The van der Waals surface area contributed by atoms with Gasteiger partial charge in [-0.2, -0.15) is 0 Å². The molecule has 1 saturated heterocycles. The highest BCUT2D eigenvalue weighted by Gasteiger charge is 2.45. The van der Waals surface area contributed by atoms with Crippen LogP contribution in [0.4, 0.5) is 11.4 Å². The van der Waals surface area contributed by atoms with Gasteiger partial charge in [0.05, 0.1) is 31.3 Å². The van der Waals surface area contributed by atoms with Gasteiger partial charge in [0.2, 0.25) is 11.8 Å². The number of ether oxygens (including phenoxy) is 2. The molecule has 1 aliphatic rings. The maximum absolute atomic E-state index is 13.2. The number of hydrogen-bond acceptors (Lipinski definition) is 8. The zero-order valence-corrected chi connectivity index (χ0v) is 17.9. The highest BCUT2D eigenvalue weighted by molar-refractivity contribution is 6.23. The Balaban J connectivity index is 1.90. The molecule has 1 atom stereocenters. The molecule has 2 aromatic rings. The molecular formula is C21H20N4O8. The van der Waals surface area contributed by atoms with E-state index in [4.69, 9.17) is 9.47 Å². The fourth-order valence-electron chi connectivity index (χ4n) is 3.35. The van der Waals surface area contributed by atoms with E-state index < -0.39 is 41.0 Å². The van der Waals surface area contributed by atoms with Gasteiger partial charge in [-0.05, 0) is 18.2 Å². The summed E-state index contributed by atoms with van der Waals surface area (Å²) in [5.41, 5.74) is 1.99. The average Bonchev–Trinajstić information content (AvgIpc) is 3.09. The summed E-state index contributed by atoms with van der Waals surface area (Å²) in [4.78, 5) is 62.0. The maximum Gasteiger partial charge on any atom is 0.270 e. The van der Waals surface area contributed by atoms with E-state index in [0.29, 0.717) is 5.75 Å². The van der Waals surface area contributed by atoms with Crippen molar-refractivity contribution in [2.75, 3.05) is 19.1 Å². The quantitative estimate of drug-likeness (QED) is 0.390. The zero-order valence-electron chi connectivity index (χ0n) is 17.9. The van der Waals surface area contributed by atoms with Crippen LogP contribution in [0, 0.1) is 10.1 Å². The topological polar surface area (TPSA) is 148 Å². The van der Waals surface area contributed by atoms with E-state index in [2.05, 4.69) is 5.43 Å². The van der Waals surface area contributed by atoms with Crippen molar-refractivity contribution in [2.24, 2.45) is 0 Å². The number of nitro benzene ring substituents is 1. The first-order valence-corrected chi connectivity index (χ1v) is 9.62. The standard InChI is InChI=1S/C21H20N4O8/c1-12(26)24(22-20(28)13-5-4-6-14(9-13)25(30)31)17-11-19(27)23(21(17)29)16-10-15(32-2)7-8-18(16)33-3/h4-10,17H,11H2,1-3H3,(H,22,28). The van der Waals surface area contributed by atoms with E-state index in [0.717, 1.165) is 22.9 Å². The minimum Gasteiger partial charge on any atom is -0.497 e. The first-order valence-electron chi connectivity index (χ1n) is 9.62. The molecule has 0 saturated carbocycles. The molecule has 0 spiro atoms. The molecule has 172 valence electrons. The number of hydrazine groups is 1. The van der Waals surface area contributed by atoms with Crippen LogP contribution in [-0.4, -0.2) is 53.8 Å². The monoisotopic (exact) mass is 456 g/mol.